The van der Waals surface area contributed by atoms with E-state index in [-0.39, 0.29) is 25.4 Å². The highest BCUT2D eigenvalue weighted by Gasteiger charge is 2.52. The van der Waals surface area contributed by atoms with Crippen LogP contribution in [0.1, 0.15) is 35.2 Å². The summed E-state index contributed by atoms with van der Waals surface area (Å²) in [6.07, 6.45) is 0.710. The van der Waals surface area contributed by atoms with E-state index in [1.807, 2.05) is 12.1 Å². The van der Waals surface area contributed by atoms with Gasteiger partial charge in [0.15, 0.2) is 23.7 Å². The van der Waals surface area contributed by atoms with Crippen LogP contribution >= 0.6 is 0 Å². The summed E-state index contributed by atoms with van der Waals surface area (Å²) in [6, 6.07) is 3.62. The Hall–Kier alpha value is -2.74. The van der Waals surface area contributed by atoms with E-state index in [9.17, 15) is 9.59 Å². The maximum Gasteiger partial charge on any atom is 0.508 e. The van der Waals surface area contributed by atoms with E-state index in [0.29, 0.717) is 17.1 Å². The summed E-state index contributed by atoms with van der Waals surface area (Å²) in [5, 5.41) is 0. The summed E-state index contributed by atoms with van der Waals surface area (Å²) in [7, 11) is 2.05. The number of hydrogen-bond donors (Lipinski definition) is 0. The van der Waals surface area contributed by atoms with Crippen LogP contribution in [0.5, 0.6) is 11.5 Å². The quantitative estimate of drug-likeness (QED) is 0.564. The second kappa shape index (κ2) is 6.41. The van der Waals surface area contributed by atoms with Gasteiger partial charge >= 0.3 is 12.1 Å². The Bertz CT molecular complexity index is 880. The molecule has 0 bridgehead atoms. The molecule has 1 aliphatic carbocycles. The Kier molecular flexibility index (Phi) is 3.97. The number of hydrogen-bond acceptors (Lipinski definition) is 8. The first-order valence-corrected chi connectivity index (χ1v) is 9.45. The minimum absolute atomic E-state index is 0.0688. The maximum absolute atomic E-state index is 12.7. The number of ether oxygens (including phenoxy) is 5. The number of carbonyl (C=O) groups is 2. The summed E-state index contributed by atoms with van der Waals surface area (Å²) in [5.41, 5.74) is 2.49. The van der Waals surface area contributed by atoms with Crippen LogP contribution in [0, 0.1) is 0 Å². The van der Waals surface area contributed by atoms with Gasteiger partial charge in [0.2, 0.25) is 6.79 Å². The van der Waals surface area contributed by atoms with Crippen LogP contribution in [0.4, 0.5) is 4.79 Å². The molecule has 28 heavy (non-hydrogen) atoms. The van der Waals surface area contributed by atoms with Crippen LogP contribution < -0.4 is 9.47 Å². The highest BCUT2D eigenvalue weighted by atomic mass is 16.7. The first-order valence-electron chi connectivity index (χ1n) is 9.45. The van der Waals surface area contributed by atoms with Gasteiger partial charge < -0.3 is 23.7 Å². The molecule has 3 aliphatic heterocycles. The van der Waals surface area contributed by atoms with Crippen molar-refractivity contribution in [3.63, 3.8) is 0 Å². The smallest absolute Gasteiger partial charge is 0.454 e. The number of benzene rings is 1. The molecule has 0 spiro atoms. The second-order valence-corrected chi connectivity index (χ2v) is 7.37. The fraction of sp³-hybridized carbons (Fsp3) is 0.500. The average Bonchev–Trinajstić information content (AvgIpc) is 3.27. The van der Waals surface area contributed by atoms with Crippen LogP contribution in [-0.4, -0.2) is 62.3 Å². The Labute approximate surface area is 161 Å². The summed E-state index contributed by atoms with van der Waals surface area (Å²) in [5.74, 6) is 0.533. The number of likely N-dealkylation sites (tertiary alicyclic amines) is 1. The summed E-state index contributed by atoms with van der Waals surface area (Å²) >= 11 is 0. The molecule has 1 fully saturated rings. The Morgan fingerprint density at radius 2 is 2.07 bits per heavy atom. The van der Waals surface area contributed by atoms with Crippen molar-refractivity contribution in [1.29, 1.82) is 0 Å². The van der Waals surface area contributed by atoms with Gasteiger partial charge in [0.1, 0.15) is 0 Å². The van der Waals surface area contributed by atoms with Gasteiger partial charge in [-0.05, 0) is 44.2 Å². The Morgan fingerprint density at radius 1 is 1.29 bits per heavy atom. The van der Waals surface area contributed by atoms with Crippen LogP contribution in [0.15, 0.2) is 23.8 Å². The molecule has 3 heterocycles. The van der Waals surface area contributed by atoms with Crippen molar-refractivity contribution in [1.82, 2.24) is 4.90 Å². The molecular formula is C20H21NO7. The summed E-state index contributed by atoms with van der Waals surface area (Å²) in [6.45, 7) is 2.95. The molecular weight excluding hydrogens is 366 g/mol. The number of likely N-dealkylation sites (N-methyl/N-ethyl adjacent to an activating group) is 1. The first kappa shape index (κ1) is 17.4. The molecule has 0 amide bonds. The molecule has 8 heteroatoms. The zero-order valence-corrected chi connectivity index (χ0v) is 15.7. The minimum Gasteiger partial charge on any atom is -0.454 e. The van der Waals surface area contributed by atoms with Gasteiger partial charge in [-0.1, -0.05) is 5.57 Å². The molecule has 0 saturated carbocycles. The van der Waals surface area contributed by atoms with Crippen LogP contribution in [0.25, 0.3) is 0 Å². The largest absolute Gasteiger partial charge is 0.508 e. The highest BCUT2D eigenvalue weighted by molar-refractivity contribution is 5.94. The molecule has 0 radical (unpaired) electrons. The SMILES string of the molecule is CCOC(=O)O[C@H]1C=C2CCN(C)[C@H]2[C@@H]2c3cc4c(cc3C(=O)O[C@@H]21)OCO4. The number of carbonyl (C=O) groups excluding carboxylic acids is 2. The molecule has 5 rings (SSSR count). The molecule has 0 unspecified atom stereocenters. The van der Waals surface area contributed by atoms with Crippen molar-refractivity contribution >= 4 is 12.1 Å². The average molecular weight is 387 g/mol. The van der Waals surface area contributed by atoms with Crippen molar-refractivity contribution in [3.05, 3.63) is 34.9 Å². The lowest BCUT2D eigenvalue weighted by molar-refractivity contribution is -0.0533. The van der Waals surface area contributed by atoms with Gasteiger partial charge in [0.25, 0.3) is 0 Å². The van der Waals surface area contributed by atoms with E-state index < -0.39 is 24.3 Å². The third-order valence-electron chi connectivity index (χ3n) is 5.87. The lowest BCUT2D eigenvalue weighted by Gasteiger charge is -2.44. The van der Waals surface area contributed by atoms with E-state index in [2.05, 4.69) is 11.9 Å². The lowest BCUT2D eigenvalue weighted by Crippen LogP contribution is -2.52. The van der Waals surface area contributed by atoms with E-state index >= 15 is 0 Å². The molecule has 1 aromatic rings. The van der Waals surface area contributed by atoms with Crippen molar-refractivity contribution in [2.24, 2.45) is 0 Å². The van der Waals surface area contributed by atoms with Gasteiger partial charge in [0, 0.05) is 18.5 Å². The fourth-order valence-corrected chi connectivity index (χ4v) is 4.70. The van der Waals surface area contributed by atoms with Crippen LogP contribution in [0.3, 0.4) is 0 Å². The van der Waals surface area contributed by atoms with Gasteiger partial charge in [0.05, 0.1) is 12.2 Å². The molecule has 8 nitrogen and oxygen atoms in total. The predicted octanol–water partition coefficient (Wildman–Crippen LogP) is 2.22. The summed E-state index contributed by atoms with van der Waals surface area (Å²) in [4.78, 5) is 27.0. The fourth-order valence-electron chi connectivity index (χ4n) is 4.70. The van der Waals surface area contributed by atoms with Crippen molar-refractivity contribution in [2.75, 3.05) is 27.0 Å². The molecule has 1 aromatic carbocycles. The van der Waals surface area contributed by atoms with Crippen LogP contribution in [0.2, 0.25) is 0 Å². The topological polar surface area (TPSA) is 83.5 Å². The second-order valence-electron chi connectivity index (χ2n) is 7.37. The lowest BCUT2D eigenvalue weighted by atomic mass is 9.73. The van der Waals surface area contributed by atoms with Gasteiger partial charge in [-0.25, -0.2) is 9.59 Å². The molecule has 0 aromatic heterocycles. The first-order chi connectivity index (χ1) is 13.6. The minimum atomic E-state index is -0.763. The molecule has 4 aliphatic rings. The third kappa shape index (κ3) is 2.55. The van der Waals surface area contributed by atoms with E-state index in [0.717, 1.165) is 18.5 Å². The highest BCUT2D eigenvalue weighted by Crippen LogP contribution is 2.49. The monoisotopic (exact) mass is 387 g/mol. The predicted molar refractivity (Wildman–Crippen MR) is 95.5 cm³/mol. The van der Waals surface area contributed by atoms with Gasteiger partial charge in [-0.15, -0.1) is 0 Å². The van der Waals surface area contributed by atoms with Gasteiger partial charge in [-0.3, -0.25) is 4.90 Å². The summed E-state index contributed by atoms with van der Waals surface area (Å²) < 4.78 is 27.2. The number of esters is 1. The Morgan fingerprint density at radius 3 is 2.86 bits per heavy atom. The van der Waals surface area contributed by atoms with Crippen molar-refractivity contribution < 1.29 is 33.3 Å². The molecule has 1 saturated heterocycles. The molecule has 0 N–H and O–H groups in total. The molecule has 4 atom stereocenters. The zero-order valence-electron chi connectivity index (χ0n) is 15.7. The van der Waals surface area contributed by atoms with Crippen molar-refractivity contribution in [3.8, 4) is 11.5 Å². The van der Waals surface area contributed by atoms with E-state index in [1.54, 1.807) is 13.0 Å². The Balaban J connectivity index is 1.60. The van der Waals surface area contributed by atoms with E-state index in [1.165, 1.54) is 5.57 Å². The third-order valence-corrected chi connectivity index (χ3v) is 5.87. The number of rotatable bonds is 2. The number of nitrogens with zero attached hydrogens (tertiary/aromatic N) is 1. The normalized spacial score (nSPS) is 29.9. The van der Waals surface area contributed by atoms with E-state index in [4.69, 9.17) is 23.7 Å². The molecule has 148 valence electrons. The van der Waals surface area contributed by atoms with Crippen LogP contribution in [-0.2, 0) is 14.2 Å². The maximum atomic E-state index is 12.7. The van der Waals surface area contributed by atoms with Crippen molar-refractivity contribution in [2.45, 2.75) is 37.5 Å². The number of fused-ring (bicyclic) bond motifs is 6. The van der Waals surface area contributed by atoms with Gasteiger partial charge in [-0.2, -0.15) is 0 Å². The standard InChI is InChI=1S/C20H21NO7/c1-3-24-20(23)27-15-6-10-4-5-21(2)17(10)16-11-7-13-14(26-9-25-13)8-12(11)19(22)28-18(15)16/h6-8,15-18H,3-5,9H2,1-2H3/t15-,16-,17+,18+/m0/s1. The zero-order chi connectivity index (χ0) is 19.4.